The van der Waals surface area contributed by atoms with Crippen molar-refractivity contribution in [2.75, 3.05) is 32.8 Å². The number of cyclic esters (lactones) is 2. The quantitative estimate of drug-likeness (QED) is 0.256. The molecule has 0 amide bonds. The number of ether oxygens (including phenoxy) is 2. The highest BCUT2D eigenvalue weighted by Gasteiger charge is 2.13. The largest absolute Gasteiger partial charge is 0.464 e. The number of carbonyl (C=O) groups is 2. The Morgan fingerprint density at radius 1 is 0.706 bits per heavy atom. The fraction of sp³-hybridized carbons (Fsp3) is 0.750. The molecule has 0 unspecified atom stereocenters. The van der Waals surface area contributed by atoms with Crippen LogP contribution >= 0.6 is 0 Å². The normalized spacial score (nSPS) is 16.0. The minimum absolute atomic E-state index is 0.127. The Morgan fingerprint density at radius 2 is 1.15 bits per heavy atom. The Labute approximate surface area is 206 Å². The van der Waals surface area contributed by atoms with Gasteiger partial charge in [0.15, 0.2) is 0 Å². The number of fused-ring (bicyclic) bond motifs is 2. The van der Waals surface area contributed by atoms with Crippen molar-refractivity contribution < 1.29 is 19.1 Å². The molecule has 0 atom stereocenters. The van der Waals surface area contributed by atoms with Crippen LogP contribution in [0, 0.1) is 0 Å². The van der Waals surface area contributed by atoms with Crippen LogP contribution in [-0.4, -0.2) is 54.7 Å². The van der Waals surface area contributed by atoms with E-state index in [-0.39, 0.29) is 24.8 Å². The molecule has 2 rings (SSSR count). The lowest BCUT2D eigenvalue weighted by molar-refractivity contribution is -0.143. The first-order valence-corrected chi connectivity index (χ1v) is 13.7. The zero-order chi connectivity index (χ0) is 24.3. The lowest BCUT2D eigenvalue weighted by atomic mass is 10.0. The fourth-order valence-corrected chi connectivity index (χ4v) is 4.39. The van der Waals surface area contributed by atoms with Crippen molar-refractivity contribution in [1.29, 1.82) is 0 Å². The van der Waals surface area contributed by atoms with E-state index in [4.69, 9.17) is 9.47 Å². The molecule has 0 radical (unpaired) electrons. The van der Waals surface area contributed by atoms with Gasteiger partial charge in [0.05, 0.1) is 24.2 Å². The zero-order valence-corrected chi connectivity index (χ0v) is 21.4. The fourth-order valence-electron chi connectivity index (χ4n) is 4.39. The average molecular weight is 475 g/mol. The van der Waals surface area contributed by atoms with Gasteiger partial charge in [0.25, 0.3) is 0 Å². The molecule has 0 aliphatic carbocycles. The molecule has 1 aliphatic rings. The van der Waals surface area contributed by atoms with Crippen LogP contribution in [0.15, 0.2) is 18.2 Å². The molecule has 0 fully saturated rings. The third-order valence-corrected chi connectivity index (χ3v) is 6.43. The minimum Gasteiger partial charge on any atom is -0.464 e. The van der Waals surface area contributed by atoms with E-state index in [1.807, 2.05) is 0 Å². The molecule has 2 bridgehead atoms. The van der Waals surface area contributed by atoms with Gasteiger partial charge in [-0.15, -0.1) is 0 Å². The van der Waals surface area contributed by atoms with E-state index in [0.717, 1.165) is 13.0 Å². The number of pyridine rings is 1. The highest BCUT2D eigenvalue weighted by atomic mass is 16.5. The van der Waals surface area contributed by atoms with E-state index >= 15 is 0 Å². The number of carbonyl (C=O) groups excluding carboxylic acids is 2. The Morgan fingerprint density at radius 3 is 1.62 bits per heavy atom. The van der Waals surface area contributed by atoms with Gasteiger partial charge >= 0.3 is 11.9 Å². The van der Waals surface area contributed by atoms with E-state index < -0.39 is 0 Å². The van der Waals surface area contributed by atoms with Gasteiger partial charge in [-0.25, -0.2) is 0 Å². The van der Waals surface area contributed by atoms with Gasteiger partial charge < -0.3 is 9.47 Å². The molecule has 1 aromatic rings. The van der Waals surface area contributed by atoms with E-state index in [9.17, 15) is 9.59 Å². The molecule has 6 heteroatoms. The predicted molar refractivity (Wildman–Crippen MR) is 136 cm³/mol. The molecule has 0 aromatic carbocycles. The number of esters is 2. The van der Waals surface area contributed by atoms with Gasteiger partial charge in [-0.2, -0.15) is 0 Å². The predicted octanol–water partition coefficient (Wildman–Crippen LogP) is 5.66. The lowest BCUT2D eigenvalue weighted by Crippen LogP contribution is -2.33. The molecule has 0 saturated carbocycles. The molecule has 0 saturated heterocycles. The number of hydrogen-bond donors (Lipinski definition) is 0. The van der Waals surface area contributed by atoms with Crippen molar-refractivity contribution in [2.45, 2.75) is 103 Å². The third kappa shape index (κ3) is 13.7. The van der Waals surface area contributed by atoms with Gasteiger partial charge in [0, 0.05) is 13.1 Å². The maximum Gasteiger partial charge on any atom is 0.311 e. The molecule has 6 nitrogen and oxygen atoms in total. The van der Waals surface area contributed by atoms with Gasteiger partial charge in [0.1, 0.15) is 13.2 Å². The molecule has 1 aliphatic heterocycles. The van der Waals surface area contributed by atoms with Crippen LogP contribution < -0.4 is 0 Å². The van der Waals surface area contributed by atoms with E-state index in [0.29, 0.717) is 37.7 Å². The maximum atomic E-state index is 12.1. The smallest absolute Gasteiger partial charge is 0.311 e. The van der Waals surface area contributed by atoms with Crippen molar-refractivity contribution in [3.63, 3.8) is 0 Å². The third-order valence-electron chi connectivity index (χ3n) is 6.43. The molecular weight excluding hydrogens is 428 g/mol. The Balaban J connectivity index is 1.59. The van der Waals surface area contributed by atoms with E-state index in [1.54, 1.807) is 18.2 Å². The van der Waals surface area contributed by atoms with Crippen LogP contribution in [0.2, 0.25) is 0 Å². The summed E-state index contributed by atoms with van der Waals surface area (Å²) in [5.41, 5.74) is 1.24. The first kappa shape index (κ1) is 28.3. The van der Waals surface area contributed by atoms with Crippen LogP contribution in [0.5, 0.6) is 0 Å². The molecule has 0 N–H and O–H groups in total. The van der Waals surface area contributed by atoms with Crippen molar-refractivity contribution >= 4 is 11.9 Å². The molecule has 2 heterocycles. The summed E-state index contributed by atoms with van der Waals surface area (Å²) in [6, 6.07) is 5.37. The highest BCUT2D eigenvalue weighted by molar-refractivity contribution is 5.73. The average Bonchev–Trinajstić information content (AvgIpc) is 2.81. The second kappa shape index (κ2) is 18.4. The second-order valence-corrected chi connectivity index (χ2v) is 9.50. The van der Waals surface area contributed by atoms with Gasteiger partial charge in [-0.05, 0) is 25.1 Å². The van der Waals surface area contributed by atoms with Crippen molar-refractivity contribution in [3.05, 3.63) is 29.6 Å². The summed E-state index contributed by atoms with van der Waals surface area (Å²) in [4.78, 5) is 30.9. The monoisotopic (exact) mass is 474 g/mol. The Hall–Kier alpha value is -1.95. The van der Waals surface area contributed by atoms with E-state index in [2.05, 4.69) is 16.8 Å². The van der Waals surface area contributed by atoms with Crippen molar-refractivity contribution in [1.82, 2.24) is 9.88 Å². The Kier molecular flexibility index (Phi) is 15.3. The number of aromatic nitrogens is 1. The first-order chi connectivity index (χ1) is 16.7. The zero-order valence-electron chi connectivity index (χ0n) is 21.4. The summed E-state index contributed by atoms with van der Waals surface area (Å²) in [5.74, 6) is -0.546. The van der Waals surface area contributed by atoms with Crippen LogP contribution in [0.25, 0.3) is 0 Å². The topological polar surface area (TPSA) is 68.7 Å². The van der Waals surface area contributed by atoms with Crippen molar-refractivity contribution in [2.24, 2.45) is 0 Å². The van der Waals surface area contributed by atoms with Gasteiger partial charge in [-0.3, -0.25) is 19.5 Å². The van der Waals surface area contributed by atoms with Gasteiger partial charge in [-0.1, -0.05) is 90.0 Å². The Bertz CT molecular complexity index is 655. The summed E-state index contributed by atoms with van der Waals surface area (Å²) in [6.45, 7) is 5.23. The van der Waals surface area contributed by atoms with Gasteiger partial charge in [0.2, 0.25) is 0 Å². The van der Waals surface area contributed by atoms with Crippen LogP contribution in [0.4, 0.5) is 0 Å². The summed E-state index contributed by atoms with van der Waals surface area (Å²) in [5, 5.41) is 0. The first-order valence-electron chi connectivity index (χ1n) is 13.7. The molecule has 192 valence electrons. The molecule has 34 heavy (non-hydrogen) atoms. The lowest BCUT2D eigenvalue weighted by Gasteiger charge is -2.22. The second-order valence-electron chi connectivity index (χ2n) is 9.50. The molecule has 1 aromatic heterocycles. The highest BCUT2D eigenvalue weighted by Crippen LogP contribution is 2.13. The summed E-state index contributed by atoms with van der Waals surface area (Å²) >= 11 is 0. The van der Waals surface area contributed by atoms with E-state index in [1.165, 1.54) is 77.0 Å². The minimum atomic E-state index is -0.273. The SMILES string of the molecule is CCCCCCCCCCCCCCCN1CCOC(=O)Cc2cccc(n2)CC(=O)OCC1. The molecule has 0 spiro atoms. The summed E-state index contributed by atoms with van der Waals surface area (Å²) in [6.07, 6.45) is 17.6. The number of unbranched alkanes of at least 4 members (excludes halogenated alkanes) is 12. The van der Waals surface area contributed by atoms with Crippen LogP contribution in [0.3, 0.4) is 0 Å². The number of rotatable bonds is 14. The standard InChI is InChI=1S/C28H46N2O4/c1-2-3-4-5-6-7-8-9-10-11-12-13-14-18-30-19-21-33-27(31)23-25-16-15-17-26(29-25)24-28(32)34-22-20-30/h15-17H,2-14,18-24H2,1H3. The van der Waals surface area contributed by atoms with Crippen molar-refractivity contribution in [3.8, 4) is 0 Å². The summed E-state index contributed by atoms with van der Waals surface area (Å²) in [7, 11) is 0. The maximum absolute atomic E-state index is 12.1. The number of nitrogens with zero attached hydrogens (tertiary/aromatic N) is 2. The van der Waals surface area contributed by atoms with Crippen LogP contribution in [-0.2, 0) is 31.9 Å². The van der Waals surface area contributed by atoms with Crippen LogP contribution in [0.1, 0.15) is 102 Å². The molecular formula is C28H46N2O4. The summed E-state index contributed by atoms with van der Waals surface area (Å²) < 4.78 is 10.9. The number of hydrogen-bond acceptors (Lipinski definition) is 6.